The number of nitrogens with zero attached hydrogens (tertiary/aromatic N) is 2. The second kappa shape index (κ2) is 8.53. The van der Waals surface area contributed by atoms with Crippen LogP contribution in [0.4, 0.5) is 5.69 Å². The zero-order chi connectivity index (χ0) is 15.0. The van der Waals surface area contributed by atoms with E-state index >= 15 is 0 Å². The smallest absolute Gasteiger partial charge is 0.254 e. The number of amides is 1. The molecule has 0 saturated heterocycles. The predicted molar refractivity (Wildman–Crippen MR) is 83.3 cm³/mol. The first-order valence-electron chi connectivity index (χ1n) is 7.18. The number of pyridine rings is 1. The van der Waals surface area contributed by atoms with Crippen molar-refractivity contribution in [2.75, 3.05) is 39.0 Å². The van der Waals surface area contributed by atoms with Gasteiger partial charge in [-0.1, -0.05) is 0 Å². The van der Waals surface area contributed by atoms with Crippen LogP contribution in [-0.2, 0) is 0 Å². The normalized spacial score (nSPS) is 10.7. The van der Waals surface area contributed by atoms with Crippen LogP contribution in [0.5, 0.6) is 0 Å². The molecule has 0 aliphatic heterocycles. The molecule has 5 nitrogen and oxygen atoms in total. The molecule has 0 fully saturated rings. The van der Waals surface area contributed by atoms with E-state index in [-0.39, 0.29) is 5.91 Å². The number of anilines is 1. The van der Waals surface area contributed by atoms with Crippen molar-refractivity contribution in [3.8, 4) is 0 Å². The van der Waals surface area contributed by atoms with E-state index in [1.165, 1.54) is 0 Å². The maximum Gasteiger partial charge on any atom is 0.254 e. The monoisotopic (exact) mass is 278 g/mol. The molecule has 2 N–H and O–H groups in total. The van der Waals surface area contributed by atoms with Gasteiger partial charge in [-0.3, -0.25) is 9.78 Å². The summed E-state index contributed by atoms with van der Waals surface area (Å²) in [6.45, 7) is 6.46. The lowest BCUT2D eigenvalue weighted by Gasteiger charge is -2.12. The zero-order valence-electron chi connectivity index (χ0n) is 13.0. The highest BCUT2D eigenvalue weighted by Crippen LogP contribution is 2.15. The van der Waals surface area contributed by atoms with Gasteiger partial charge >= 0.3 is 0 Å². The summed E-state index contributed by atoms with van der Waals surface area (Å²) < 4.78 is 0. The summed E-state index contributed by atoms with van der Waals surface area (Å²) in [4.78, 5) is 18.5. The number of hydrogen-bond acceptors (Lipinski definition) is 4. The molecule has 1 aromatic rings. The van der Waals surface area contributed by atoms with Crippen molar-refractivity contribution in [1.29, 1.82) is 0 Å². The van der Waals surface area contributed by atoms with Gasteiger partial charge in [-0.25, -0.2) is 0 Å². The number of aromatic nitrogens is 1. The van der Waals surface area contributed by atoms with Crippen LogP contribution in [0, 0.1) is 6.92 Å². The van der Waals surface area contributed by atoms with Crippen molar-refractivity contribution in [2.24, 2.45) is 0 Å². The fraction of sp³-hybridized carbons (Fsp3) is 0.600. The Kier molecular flexibility index (Phi) is 7.01. The minimum Gasteiger partial charge on any atom is -0.385 e. The molecular formula is C15H26N4O. The molecule has 0 aliphatic rings. The van der Waals surface area contributed by atoms with E-state index in [2.05, 4.69) is 34.6 Å². The van der Waals surface area contributed by atoms with E-state index in [1.54, 1.807) is 6.20 Å². The van der Waals surface area contributed by atoms with Crippen LogP contribution >= 0.6 is 0 Å². The molecule has 1 aromatic heterocycles. The van der Waals surface area contributed by atoms with E-state index in [9.17, 15) is 4.79 Å². The molecule has 112 valence electrons. The number of nitrogens with one attached hydrogen (secondary N) is 2. The second-order valence-electron chi connectivity index (χ2n) is 5.17. The van der Waals surface area contributed by atoms with Crippen LogP contribution < -0.4 is 10.6 Å². The third-order valence-electron chi connectivity index (χ3n) is 2.97. The molecule has 0 aliphatic carbocycles. The highest BCUT2D eigenvalue weighted by Gasteiger charge is 2.11. The topological polar surface area (TPSA) is 57.3 Å². The number of carbonyl (C=O) groups excluding carboxylic acids is 1. The summed E-state index contributed by atoms with van der Waals surface area (Å²) >= 11 is 0. The van der Waals surface area contributed by atoms with Gasteiger partial charge in [-0.2, -0.15) is 0 Å². The Labute approximate surface area is 121 Å². The van der Waals surface area contributed by atoms with Crippen LogP contribution in [0.2, 0.25) is 0 Å². The number of carbonyl (C=O) groups is 1. The molecule has 20 heavy (non-hydrogen) atoms. The molecule has 0 atom stereocenters. The van der Waals surface area contributed by atoms with Crippen molar-refractivity contribution in [2.45, 2.75) is 26.7 Å². The summed E-state index contributed by atoms with van der Waals surface area (Å²) in [6.07, 6.45) is 3.71. The van der Waals surface area contributed by atoms with Crippen molar-refractivity contribution in [3.63, 3.8) is 0 Å². The van der Waals surface area contributed by atoms with Gasteiger partial charge in [0.1, 0.15) is 0 Å². The average molecular weight is 278 g/mol. The van der Waals surface area contributed by atoms with Crippen molar-refractivity contribution in [1.82, 2.24) is 15.2 Å². The number of hydrogen-bond donors (Lipinski definition) is 2. The highest BCUT2D eigenvalue weighted by atomic mass is 16.1. The van der Waals surface area contributed by atoms with E-state index in [1.807, 2.05) is 19.9 Å². The molecule has 0 radical (unpaired) electrons. The Balaban J connectivity index is 2.50. The first kappa shape index (κ1) is 16.4. The Bertz CT molecular complexity index is 432. The van der Waals surface area contributed by atoms with Crippen LogP contribution in [0.25, 0.3) is 0 Å². The Morgan fingerprint density at radius 2 is 2.10 bits per heavy atom. The third-order valence-corrected chi connectivity index (χ3v) is 2.97. The third kappa shape index (κ3) is 5.57. The van der Waals surface area contributed by atoms with E-state index < -0.39 is 0 Å². The van der Waals surface area contributed by atoms with Gasteiger partial charge in [-0.05, 0) is 53.4 Å². The quantitative estimate of drug-likeness (QED) is 0.713. The molecule has 1 amide bonds. The van der Waals surface area contributed by atoms with Gasteiger partial charge < -0.3 is 15.5 Å². The first-order valence-corrected chi connectivity index (χ1v) is 7.18. The van der Waals surface area contributed by atoms with Gasteiger partial charge in [0.25, 0.3) is 5.91 Å². The van der Waals surface area contributed by atoms with Crippen LogP contribution in [-0.4, -0.2) is 49.5 Å². The first-order chi connectivity index (χ1) is 9.54. The highest BCUT2D eigenvalue weighted by molar-refractivity contribution is 5.99. The predicted octanol–water partition coefficient (Wildman–Crippen LogP) is 1.89. The summed E-state index contributed by atoms with van der Waals surface area (Å²) in [5.74, 6) is -0.0571. The fourth-order valence-corrected chi connectivity index (χ4v) is 1.93. The Morgan fingerprint density at radius 3 is 2.75 bits per heavy atom. The SMILES string of the molecule is CCNc1cc(C)ncc1C(=O)NCCCCN(C)C. The second-order valence-corrected chi connectivity index (χ2v) is 5.17. The minimum atomic E-state index is -0.0571. The Hall–Kier alpha value is -1.62. The lowest BCUT2D eigenvalue weighted by atomic mass is 10.2. The number of rotatable bonds is 8. The van der Waals surface area contributed by atoms with E-state index in [4.69, 9.17) is 0 Å². The maximum absolute atomic E-state index is 12.1. The molecular weight excluding hydrogens is 252 g/mol. The van der Waals surface area contributed by atoms with Crippen molar-refractivity contribution >= 4 is 11.6 Å². The molecule has 0 spiro atoms. The average Bonchev–Trinajstić information content (AvgIpc) is 2.38. The molecule has 1 rings (SSSR count). The lowest BCUT2D eigenvalue weighted by molar-refractivity contribution is 0.0953. The molecule has 0 bridgehead atoms. The van der Waals surface area contributed by atoms with Crippen molar-refractivity contribution in [3.05, 3.63) is 23.5 Å². The van der Waals surface area contributed by atoms with Crippen LogP contribution in [0.3, 0.4) is 0 Å². The van der Waals surface area contributed by atoms with E-state index in [0.717, 1.165) is 37.3 Å². The van der Waals surface area contributed by atoms with Gasteiger partial charge in [0.2, 0.25) is 0 Å². The Morgan fingerprint density at radius 1 is 1.35 bits per heavy atom. The molecule has 5 heteroatoms. The van der Waals surface area contributed by atoms with E-state index in [0.29, 0.717) is 12.1 Å². The van der Waals surface area contributed by atoms with Gasteiger partial charge in [-0.15, -0.1) is 0 Å². The number of aryl methyl sites for hydroxylation is 1. The maximum atomic E-state index is 12.1. The molecule has 1 heterocycles. The minimum absolute atomic E-state index is 0.0571. The number of unbranched alkanes of at least 4 members (excludes halogenated alkanes) is 1. The molecule has 0 aromatic carbocycles. The lowest BCUT2D eigenvalue weighted by Crippen LogP contribution is -2.26. The van der Waals surface area contributed by atoms with Crippen LogP contribution in [0.1, 0.15) is 35.8 Å². The van der Waals surface area contributed by atoms with Crippen LogP contribution in [0.15, 0.2) is 12.3 Å². The molecule has 0 saturated carbocycles. The fourth-order valence-electron chi connectivity index (χ4n) is 1.93. The summed E-state index contributed by atoms with van der Waals surface area (Å²) in [5, 5.41) is 6.16. The van der Waals surface area contributed by atoms with Gasteiger partial charge in [0.15, 0.2) is 0 Å². The van der Waals surface area contributed by atoms with Gasteiger partial charge in [0.05, 0.1) is 11.3 Å². The van der Waals surface area contributed by atoms with Crippen molar-refractivity contribution < 1.29 is 4.79 Å². The molecule has 0 unspecified atom stereocenters. The zero-order valence-corrected chi connectivity index (χ0v) is 13.0. The summed E-state index contributed by atoms with van der Waals surface area (Å²) in [7, 11) is 4.11. The standard InChI is InChI=1S/C15H26N4O/c1-5-16-14-10-12(2)18-11-13(14)15(20)17-8-6-7-9-19(3)4/h10-11H,5-9H2,1-4H3,(H,16,18)(H,17,20). The largest absolute Gasteiger partial charge is 0.385 e. The summed E-state index contributed by atoms with van der Waals surface area (Å²) in [5.41, 5.74) is 2.37. The van der Waals surface area contributed by atoms with Gasteiger partial charge in [0, 0.05) is 25.0 Å². The summed E-state index contributed by atoms with van der Waals surface area (Å²) in [6, 6.07) is 1.91.